The summed E-state index contributed by atoms with van der Waals surface area (Å²) in [6.45, 7) is 0. The van der Waals surface area contributed by atoms with Gasteiger partial charge in [0.2, 0.25) is 0 Å². The number of nitriles is 1. The molecule has 2 aromatic carbocycles. The average Bonchev–Trinajstić information content (AvgIpc) is 2.49. The van der Waals surface area contributed by atoms with Crippen molar-refractivity contribution in [3.8, 4) is 11.8 Å². The van der Waals surface area contributed by atoms with Crippen LogP contribution < -0.4 is 4.74 Å². The molecule has 0 atom stereocenters. The number of benzene rings is 2. The van der Waals surface area contributed by atoms with E-state index in [9.17, 15) is 4.79 Å². The zero-order valence-corrected chi connectivity index (χ0v) is 14.6. The van der Waals surface area contributed by atoms with Crippen molar-refractivity contribution in [3.05, 3.63) is 61.5 Å². The van der Waals surface area contributed by atoms with Gasteiger partial charge in [0.05, 0.1) is 32.8 Å². The van der Waals surface area contributed by atoms with Crippen molar-refractivity contribution >= 4 is 52.4 Å². The van der Waals surface area contributed by atoms with Crippen molar-refractivity contribution < 1.29 is 14.6 Å². The van der Waals surface area contributed by atoms with E-state index in [2.05, 4.69) is 0 Å². The monoisotopic (exact) mass is 391 g/mol. The number of hydrogen-bond donors (Lipinski definition) is 1. The minimum absolute atomic E-state index is 0.0849. The lowest BCUT2D eigenvalue weighted by molar-refractivity contribution is 0.0693. The van der Waals surface area contributed by atoms with Crippen LogP contribution >= 0.6 is 46.4 Å². The van der Waals surface area contributed by atoms with Gasteiger partial charge in [0.15, 0.2) is 5.75 Å². The van der Waals surface area contributed by atoms with Gasteiger partial charge in [-0.1, -0.05) is 52.5 Å². The molecule has 0 heterocycles. The Morgan fingerprint density at radius 1 is 1.04 bits per heavy atom. The van der Waals surface area contributed by atoms with Crippen LogP contribution in [-0.4, -0.2) is 18.2 Å². The standard InChI is InChI=1S/C8H6Cl2O3.C7H3Cl2N/c1-13-7-5(10)3-2-4(9)6(7)8(11)12;8-6-2-1-3-7(9)5(6)4-10/h2-3H,1H3,(H,11,12);1-3H. The zero-order valence-electron chi connectivity index (χ0n) is 11.6. The molecule has 0 aliphatic carbocycles. The molecule has 120 valence electrons. The van der Waals surface area contributed by atoms with Crippen molar-refractivity contribution in [1.29, 1.82) is 5.26 Å². The molecule has 4 nitrogen and oxygen atoms in total. The first kappa shape index (κ1) is 19.4. The van der Waals surface area contributed by atoms with Crippen LogP contribution in [0.3, 0.4) is 0 Å². The number of carbonyl (C=O) groups is 1. The van der Waals surface area contributed by atoms with Crippen LogP contribution in [0.15, 0.2) is 30.3 Å². The van der Waals surface area contributed by atoms with Crippen molar-refractivity contribution in [2.75, 3.05) is 7.11 Å². The Balaban J connectivity index is 0.000000238. The smallest absolute Gasteiger partial charge is 0.341 e. The lowest BCUT2D eigenvalue weighted by atomic mass is 10.2. The minimum Gasteiger partial charge on any atom is -0.494 e. The molecule has 8 heteroatoms. The number of carboxylic acid groups (broad SMARTS) is 1. The highest BCUT2D eigenvalue weighted by Crippen LogP contribution is 2.33. The van der Waals surface area contributed by atoms with Gasteiger partial charge in [0.25, 0.3) is 0 Å². The third kappa shape index (κ3) is 4.92. The van der Waals surface area contributed by atoms with Gasteiger partial charge in [0.1, 0.15) is 11.6 Å². The van der Waals surface area contributed by atoms with E-state index >= 15 is 0 Å². The number of nitrogens with zero attached hydrogens (tertiary/aromatic N) is 1. The summed E-state index contributed by atoms with van der Waals surface area (Å²) in [7, 11) is 1.34. The summed E-state index contributed by atoms with van der Waals surface area (Å²) in [5.41, 5.74) is 0.225. The molecule has 0 aromatic heterocycles. The first-order valence-electron chi connectivity index (χ1n) is 5.92. The van der Waals surface area contributed by atoms with Crippen LogP contribution in [0.4, 0.5) is 0 Å². The molecule has 0 bridgehead atoms. The Labute approximate surface area is 152 Å². The second-order valence-corrected chi connectivity index (χ2v) is 5.58. The molecule has 2 rings (SSSR count). The number of aromatic carboxylic acids is 1. The van der Waals surface area contributed by atoms with E-state index in [1.807, 2.05) is 6.07 Å². The first-order valence-corrected chi connectivity index (χ1v) is 7.44. The molecule has 0 saturated carbocycles. The van der Waals surface area contributed by atoms with E-state index in [1.54, 1.807) is 18.2 Å². The van der Waals surface area contributed by atoms with Gasteiger partial charge in [-0.15, -0.1) is 0 Å². The van der Waals surface area contributed by atoms with Gasteiger partial charge in [-0.25, -0.2) is 4.79 Å². The van der Waals surface area contributed by atoms with Crippen molar-refractivity contribution in [2.45, 2.75) is 0 Å². The van der Waals surface area contributed by atoms with Gasteiger partial charge in [0, 0.05) is 0 Å². The summed E-state index contributed by atoms with van der Waals surface area (Å²) >= 11 is 22.6. The number of hydrogen-bond acceptors (Lipinski definition) is 3. The molecule has 0 amide bonds. The molecule has 0 aliphatic rings. The third-order valence-corrected chi connectivity index (χ3v) is 3.79. The Bertz CT molecular complexity index is 752. The topological polar surface area (TPSA) is 70.3 Å². The number of methoxy groups -OCH3 is 1. The fraction of sp³-hybridized carbons (Fsp3) is 0.0667. The summed E-state index contributed by atoms with van der Waals surface area (Å²) in [5.74, 6) is -1.08. The highest BCUT2D eigenvalue weighted by atomic mass is 35.5. The van der Waals surface area contributed by atoms with Crippen molar-refractivity contribution in [1.82, 2.24) is 0 Å². The number of rotatable bonds is 2. The summed E-state index contributed by atoms with van der Waals surface area (Å²) < 4.78 is 4.82. The lowest BCUT2D eigenvalue weighted by Gasteiger charge is -2.07. The lowest BCUT2D eigenvalue weighted by Crippen LogP contribution is -2.01. The maximum Gasteiger partial charge on any atom is 0.341 e. The Kier molecular flexibility index (Phi) is 7.47. The van der Waals surface area contributed by atoms with Crippen molar-refractivity contribution in [2.24, 2.45) is 0 Å². The molecular weight excluding hydrogens is 384 g/mol. The van der Waals surface area contributed by atoms with E-state index in [4.69, 9.17) is 61.5 Å². The van der Waals surface area contributed by atoms with Crippen molar-refractivity contribution in [3.63, 3.8) is 0 Å². The van der Waals surface area contributed by atoms with Crippen LogP contribution in [0.2, 0.25) is 20.1 Å². The Morgan fingerprint density at radius 2 is 1.57 bits per heavy atom. The van der Waals surface area contributed by atoms with E-state index in [1.165, 1.54) is 19.2 Å². The van der Waals surface area contributed by atoms with Gasteiger partial charge in [-0.2, -0.15) is 5.26 Å². The van der Waals surface area contributed by atoms with Gasteiger partial charge in [-0.05, 0) is 24.3 Å². The van der Waals surface area contributed by atoms with E-state index in [0.717, 1.165) is 0 Å². The zero-order chi connectivity index (χ0) is 17.6. The summed E-state index contributed by atoms with van der Waals surface area (Å²) in [5, 5.41) is 18.4. The molecule has 0 saturated heterocycles. The molecule has 0 radical (unpaired) electrons. The molecule has 0 spiro atoms. The molecule has 0 fully saturated rings. The fourth-order valence-corrected chi connectivity index (χ4v) is 2.48. The molecular formula is C15H9Cl4NO3. The number of ether oxygens (including phenoxy) is 1. The van der Waals surface area contributed by atoms with Crippen LogP contribution in [0, 0.1) is 11.3 Å². The average molecular weight is 393 g/mol. The molecule has 1 N–H and O–H groups in total. The Morgan fingerprint density at radius 3 is 1.91 bits per heavy atom. The molecule has 2 aromatic rings. The first-order chi connectivity index (χ1) is 10.8. The second-order valence-electron chi connectivity index (χ2n) is 3.95. The molecule has 0 aliphatic heterocycles. The minimum atomic E-state index is -1.16. The highest BCUT2D eigenvalue weighted by molar-refractivity contribution is 6.37. The summed E-state index contributed by atoms with van der Waals surface area (Å²) in [4.78, 5) is 10.7. The van der Waals surface area contributed by atoms with Gasteiger partial charge < -0.3 is 9.84 Å². The molecule has 23 heavy (non-hydrogen) atoms. The van der Waals surface area contributed by atoms with E-state index in [0.29, 0.717) is 15.6 Å². The van der Waals surface area contributed by atoms with Crippen LogP contribution in [-0.2, 0) is 0 Å². The van der Waals surface area contributed by atoms with Crippen LogP contribution in [0.25, 0.3) is 0 Å². The maximum atomic E-state index is 10.7. The largest absolute Gasteiger partial charge is 0.494 e. The fourth-order valence-electron chi connectivity index (χ4n) is 1.54. The summed E-state index contributed by atoms with van der Waals surface area (Å²) in [6.07, 6.45) is 0. The third-order valence-electron chi connectivity index (χ3n) is 2.55. The maximum absolute atomic E-state index is 10.7. The normalized spacial score (nSPS) is 9.39. The quantitative estimate of drug-likeness (QED) is 0.725. The van der Waals surface area contributed by atoms with E-state index in [-0.39, 0.29) is 21.4 Å². The van der Waals surface area contributed by atoms with Crippen LogP contribution in [0.5, 0.6) is 5.75 Å². The second kappa shape index (κ2) is 8.85. The molecule has 0 unspecified atom stereocenters. The number of halogens is 4. The highest BCUT2D eigenvalue weighted by Gasteiger charge is 2.17. The SMILES string of the molecule is COc1c(Cl)ccc(Cl)c1C(=O)O.N#Cc1c(Cl)cccc1Cl. The van der Waals surface area contributed by atoms with Crippen LogP contribution in [0.1, 0.15) is 15.9 Å². The van der Waals surface area contributed by atoms with E-state index < -0.39 is 5.97 Å². The summed E-state index contributed by atoms with van der Waals surface area (Å²) in [6, 6.07) is 9.76. The van der Waals surface area contributed by atoms with Gasteiger partial charge in [-0.3, -0.25) is 0 Å². The predicted octanol–water partition coefficient (Wildman–Crippen LogP) is 5.57. The predicted molar refractivity (Wildman–Crippen MR) is 91.2 cm³/mol. The Hall–Kier alpha value is -1.64. The number of carboxylic acids is 1. The van der Waals surface area contributed by atoms with Gasteiger partial charge >= 0.3 is 5.97 Å².